The molecule has 0 aliphatic rings. The third kappa shape index (κ3) is 3.38. The van der Waals surface area contributed by atoms with Crippen LogP contribution in [0, 0.1) is 0 Å². The number of halogens is 4. The maximum atomic E-state index is 6.07. The predicted octanol–water partition coefficient (Wildman–Crippen LogP) is 5.53. The summed E-state index contributed by atoms with van der Waals surface area (Å²) in [5, 5.41) is 4.37. The number of para-hydroxylation sites is 1. The van der Waals surface area contributed by atoms with Crippen LogP contribution in [0.25, 0.3) is 0 Å². The standard InChI is InChI=1S/C12H8Br2Cl2N2/c13-7-4-8(14)11(17-5-7)6-18-12-9(15)2-1-3-10(12)16/h1-5,18H,6H2. The van der Waals surface area contributed by atoms with Crippen molar-refractivity contribution < 1.29 is 0 Å². The van der Waals surface area contributed by atoms with Crippen molar-refractivity contribution in [3.05, 3.63) is 55.1 Å². The van der Waals surface area contributed by atoms with E-state index in [0.717, 1.165) is 20.3 Å². The van der Waals surface area contributed by atoms with Crippen molar-refractivity contribution in [2.24, 2.45) is 0 Å². The summed E-state index contributed by atoms with van der Waals surface area (Å²) in [7, 11) is 0. The Bertz CT molecular complexity index is 556. The van der Waals surface area contributed by atoms with Crippen molar-refractivity contribution in [2.75, 3.05) is 5.32 Å². The minimum absolute atomic E-state index is 0.539. The zero-order chi connectivity index (χ0) is 13.1. The highest BCUT2D eigenvalue weighted by Gasteiger charge is 2.07. The third-order valence-electron chi connectivity index (χ3n) is 2.28. The second-order valence-corrected chi connectivity index (χ2v) is 6.12. The summed E-state index contributed by atoms with van der Waals surface area (Å²) in [6.45, 7) is 0.539. The molecule has 1 heterocycles. The van der Waals surface area contributed by atoms with E-state index in [1.54, 1.807) is 18.3 Å². The molecule has 0 aliphatic carbocycles. The second kappa shape index (κ2) is 6.24. The minimum Gasteiger partial charge on any atom is -0.377 e. The molecule has 2 nitrogen and oxygen atoms in total. The van der Waals surface area contributed by atoms with E-state index in [0.29, 0.717) is 16.6 Å². The first-order valence-electron chi connectivity index (χ1n) is 5.05. The summed E-state index contributed by atoms with van der Waals surface area (Å²) >= 11 is 19.0. The van der Waals surface area contributed by atoms with E-state index in [-0.39, 0.29) is 0 Å². The van der Waals surface area contributed by atoms with Crippen molar-refractivity contribution in [1.29, 1.82) is 0 Å². The molecule has 0 aliphatic heterocycles. The molecule has 0 amide bonds. The van der Waals surface area contributed by atoms with Crippen LogP contribution in [0.15, 0.2) is 39.4 Å². The Hall–Kier alpha value is -0.290. The molecule has 0 fully saturated rings. The molecule has 0 bridgehead atoms. The molecule has 0 spiro atoms. The molecular weight excluding hydrogens is 403 g/mol. The number of pyridine rings is 1. The second-order valence-electron chi connectivity index (χ2n) is 3.53. The highest BCUT2D eigenvalue weighted by atomic mass is 79.9. The largest absolute Gasteiger partial charge is 0.377 e. The van der Waals surface area contributed by atoms with Crippen LogP contribution in [0.4, 0.5) is 5.69 Å². The van der Waals surface area contributed by atoms with E-state index < -0.39 is 0 Å². The van der Waals surface area contributed by atoms with Crippen molar-refractivity contribution in [2.45, 2.75) is 6.54 Å². The fourth-order valence-electron chi connectivity index (χ4n) is 1.41. The average Bonchev–Trinajstić information content (AvgIpc) is 2.31. The van der Waals surface area contributed by atoms with Gasteiger partial charge in [-0.25, -0.2) is 0 Å². The van der Waals surface area contributed by atoms with Gasteiger partial charge in [0.2, 0.25) is 0 Å². The topological polar surface area (TPSA) is 24.9 Å². The molecular formula is C12H8Br2Cl2N2. The van der Waals surface area contributed by atoms with Gasteiger partial charge in [-0.05, 0) is 50.1 Å². The Labute approximate surface area is 132 Å². The first-order valence-corrected chi connectivity index (χ1v) is 7.40. The van der Waals surface area contributed by atoms with Gasteiger partial charge >= 0.3 is 0 Å². The number of anilines is 1. The number of aromatic nitrogens is 1. The summed E-state index contributed by atoms with van der Waals surface area (Å²) in [6, 6.07) is 7.33. The number of nitrogens with zero attached hydrogens (tertiary/aromatic N) is 1. The van der Waals surface area contributed by atoms with Gasteiger partial charge in [-0.3, -0.25) is 4.98 Å². The van der Waals surface area contributed by atoms with E-state index in [9.17, 15) is 0 Å². The maximum absolute atomic E-state index is 6.07. The van der Waals surface area contributed by atoms with Crippen molar-refractivity contribution in [3.63, 3.8) is 0 Å². The van der Waals surface area contributed by atoms with Crippen LogP contribution >= 0.6 is 55.1 Å². The van der Waals surface area contributed by atoms with E-state index in [4.69, 9.17) is 23.2 Å². The highest BCUT2D eigenvalue weighted by Crippen LogP contribution is 2.30. The van der Waals surface area contributed by atoms with Crippen LogP contribution in [-0.2, 0) is 6.54 Å². The first kappa shape index (κ1) is 14.1. The predicted molar refractivity (Wildman–Crippen MR) is 83.4 cm³/mol. The Morgan fingerprint density at radius 2 is 1.83 bits per heavy atom. The molecule has 18 heavy (non-hydrogen) atoms. The van der Waals surface area contributed by atoms with Crippen LogP contribution in [-0.4, -0.2) is 4.98 Å². The zero-order valence-electron chi connectivity index (χ0n) is 9.05. The Balaban J connectivity index is 2.16. The SMILES string of the molecule is Clc1cccc(Cl)c1NCc1ncc(Br)cc1Br. The summed E-state index contributed by atoms with van der Waals surface area (Å²) in [5.74, 6) is 0. The Kier molecular flexibility index (Phi) is 4.90. The number of rotatable bonds is 3. The minimum atomic E-state index is 0.539. The maximum Gasteiger partial charge on any atom is 0.0737 e. The van der Waals surface area contributed by atoms with Crippen molar-refractivity contribution in [1.82, 2.24) is 4.98 Å². The van der Waals surface area contributed by atoms with Gasteiger partial charge in [-0.15, -0.1) is 0 Å². The lowest BCUT2D eigenvalue weighted by Gasteiger charge is -2.10. The van der Waals surface area contributed by atoms with E-state index in [1.807, 2.05) is 12.1 Å². The molecule has 0 unspecified atom stereocenters. The quantitative estimate of drug-likeness (QED) is 0.720. The number of benzene rings is 1. The monoisotopic (exact) mass is 408 g/mol. The van der Waals surface area contributed by atoms with Gasteiger partial charge in [-0.2, -0.15) is 0 Å². The number of hydrogen-bond donors (Lipinski definition) is 1. The highest BCUT2D eigenvalue weighted by molar-refractivity contribution is 9.11. The third-order valence-corrected chi connectivity index (χ3v) is 4.03. The molecule has 2 aromatic rings. The smallest absolute Gasteiger partial charge is 0.0737 e. The molecule has 94 valence electrons. The van der Waals surface area contributed by atoms with E-state index in [2.05, 4.69) is 42.2 Å². The molecule has 1 aromatic carbocycles. The van der Waals surface area contributed by atoms with E-state index >= 15 is 0 Å². The molecule has 0 atom stereocenters. The molecule has 2 rings (SSSR count). The molecule has 1 aromatic heterocycles. The average molecular weight is 411 g/mol. The molecule has 6 heteroatoms. The molecule has 0 radical (unpaired) electrons. The lowest BCUT2D eigenvalue weighted by atomic mass is 10.3. The summed E-state index contributed by atoms with van der Waals surface area (Å²) < 4.78 is 1.85. The Morgan fingerprint density at radius 1 is 1.17 bits per heavy atom. The van der Waals surface area contributed by atoms with Gasteiger partial charge in [0.25, 0.3) is 0 Å². The zero-order valence-corrected chi connectivity index (χ0v) is 13.7. The van der Waals surface area contributed by atoms with Gasteiger partial charge in [0.1, 0.15) is 0 Å². The van der Waals surface area contributed by atoms with Gasteiger partial charge in [0, 0.05) is 15.1 Å². The first-order chi connectivity index (χ1) is 8.58. The molecule has 1 N–H and O–H groups in total. The van der Waals surface area contributed by atoms with Gasteiger partial charge in [-0.1, -0.05) is 29.3 Å². The number of hydrogen-bond acceptors (Lipinski definition) is 2. The van der Waals surface area contributed by atoms with Crippen molar-refractivity contribution >= 4 is 60.7 Å². The lowest BCUT2D eigenvalue weighted by molar-refractivity contribution is 1.03. The van der Waals surface area contributed by atoms with Gasteiger partial charge < -0.3 is 5.32 Å². The summed E-state index contributed by atoms with van der Waals surface area (Å²) in [6.07, 6.45) is 1.75. The summed E-state index contributed by atoms with van der Waals surface area (Å²) in [4.78, 5) is 4.31. The van der Waals surface area contributed by atoms with Crippen molar-refractivity contribution in [3.8, 4) is 0 Å². The van der Waals surface area contributed by atoms with Crippen LogP contribution in [0.5, 0.6) is 0 Å². The summed E-state index contributed by atoms with van der Waals surface area (Å²) in [5.41, 5.74) is 1.60. The lowest BCUT2D eigenvalue weighted by Crippen LogP contribution is -2.03. The van der Waals surface area contributed by atoms with Crippen LogP contribution in [0.2, 0.25) is 10.0 Å². The fraction of sp³-hybridized carbons (Fsp3) is 0.0833. The normalized spacial score (nSPS) is 10.4. The number of nitrogens with one attached hydrogen (secondary N) is 1. The molecule has 0 saturated carbocycles. The van der Waals surface area contributed by atoms with E-state index in [1.165, 1.54) is 0 Å². The molecule has 0 saturated heterocycles. The Morgan fingerprint density at radius 3 is 2.44 bits per heavy atom. The van der Waals surface area contributed by atoms with Crippen LogP contribution < -0.4 is 5.32 Å². The fourth-order valence-corrected chi connectivity index (χ4v) is 3.07. The van der Waals surface area contributed by atoms with Gasteiger partial charge in [0.15, 0.2) is 0 Å². The van der Waals surface area contributed by atoms with Crippen LogP contribution in [0.3, 0.4) is 0 Å². The van der Waals surface area contributed by atoms with Crippen LogP contribution in [0.1, 0.15) is 5.69 Å². The van der Waals surface area contributed by atoms with Gasteiger partial charge in [0.05, 0.1) is 28.0 Å².